The molecule has 0 aliphatic carbocycles. The molecule has 0 radical (unpaired) electrons. The Hall–Kier alpha value is -5.30. The van der Waals surface area contributed by atoms with Gasteiger partial charge in [-0.05, 0) is 74.4 Å². The molecule has 0 spiro atoms. The molecule has 0 aromatic heterocycles. The monoisotopic (exact) mass is 676 g/mol. The number of methoxy groups -OCH3 is 1. The maximum atomic E-state index is 14.5. The standard InChI is InChI=1S/C35H37FN4O7S/c1-24(2)37-35(42)33(20-26-8-6-5-7-9-26)38(22-27-11-13-28(36)14-12-27)34(41)23-39(29-15-17-30(47-4)18-16-29)48(45,46)31-19-10-25(3)32(21-31)40(43)44/h5-19,21,24,33H,20,22-23H2,1-4H3,(H,37,42)/t33-/m0/s1. The van der Waals surface area contributed by atoms with Crippen molar-refractivity contribution in [1.82, 2.24) is 10.2 Å². The highest BCUT2D eigenvalue weighted by Gasteiger charge is 2.35. The van der Waals surface area contributed by atoms with Gasteiger partial charge in [0, 0.05) is 30.6 Å². The van der Waals surface area contributed by atoms with Gasteiger partial charge in [-0.1, -0.05) is 48.5 Å². The van der Waals surface area contributed by atoms with Crippen molar-refractivity contribution >= 4 is 33.2 Å². The average molecular weight is 677 g/mol. The molecular weight excluding hydrogens is 639 g/mol. The van der Waals surface area contributed by atoms with Gasteiger partial charge in [0.15, 0.2) is 0 Å². The second-order valence-electron chi connectivity index (χ2n) is 11.4. The first-order valence-corrected chi connectivity index (χ1v) is 16.5. The summed E-state index contributed by atoms with van der Waals surface area (Å²) >= 11 is 0. The van der Waals surface area contributed by atoms with Crippen LogP contribution in [0.4, 0.5) is 15.8 Å². The third-order valence-corrected chi connectivity index (χ3v) is 9.34. The molecule has 0 aliphatic heterocycles. The molecule has 13 heteroatoms. The Bertz CT molecular complexity index is 1850. The third-order valence-electron chi connectivity index (χ3n) is 7.57. The minimum atomic E-state index is -4.59. The predicted molar refractivity (Wildman–Crippen MR) is 180 cm³/mol. The molecule has 0 saturated carbocycles. The number of halogens is 1. The number of amides is 2. The number of carbonyl (C=O) groups excluding carboxylic acids is 2. The van der Waals surface area contributed by atoms with E-state index < -0.39 is 55.7 Å². The lowest BCUT2D eigenvalue weighted by Crippen LogP contribution is -2.54. The first-order valence-electron chi connectivity index (χ1n) is 15.1. The van der Waals surface area contributed by atoms with Crippen LogP contribution in [-0.2, 0) is 32.6 Å². The second-order valence-corrected chi connectivity index (χ2v) is 13.3. The molecule has 2 amide bonds. The van der Waals surface area contributed by atoms with Gasteiger partial charge >= 0.3 is 0 Å². The van der Waals surface area contributed by atoms with Crippen LogP contribution in [0, 0.1) is 22.9 Å². The highest BCUT2D eigenvalue weighted by atomic mass is 32.2. The fraction of sp³-hybridized carbons (Fsp3) is 0.257. The number of rotatable bonds is 14. The highest BCUT2D eigenvalue weighted by Crippen LogP contribution is 2.30. The molecule has 1 N–H and O–H groups in total. The van der Waals surface area contributed by atoms with Crippen molar-refractivity contribution in [1.29, 1.82) is 0 Å². The largest absolute Gasteiger partial charge is 0.497 e. The first kappa shape index (κ1) is 35.6. The van der Waals surface area contributed by atoms with Crippen molar-refractivity contribution in [3.05, 3.63) is 130 Å². The van der Waals surface area contributed by atoms with Crippen molar-refractivity contribution in [3.8, 4) is 5.75 Å². The number of aryl methyl sites for hydroxylation is 1. The van der Waals surface area contributed by atoms with E-state index in [4.69, 9.17) is 4.74 Å². The average Bonchev–Trinajstić information content (AvgIpc) is 3.06. The number of anilines is 1. The van der Waals surface area contributed by atoms with Crippen molar-refractivity contribution < 1.29 is 32.1 Å². The first-order chi connectivity index (χ1) is 22.8. The zero-order chi connectivity index (χ0) is 35.0. The molecule has 0 heterocycles. The molecule has 1 atom stereocenters. The molecule has 0 aliphatic rings. The molecule has 0 bridgehead atoms. The Morgan fingerprint density at radius 3 is 2.17 bits per heavy atom. The Kier molecular flexibility index (Phi) is 11.5. The highest BCUT2D eigenvalue weighted by molar-refractivity contribution is 7.92. The van der Waals surface area contributed by atoms with Crippen molar-refractivity contribution in [2.75, 3.05) is 18.0 Å². The van der Waals surface area contributed by atoms with E-state index in [1.54, 1.807) is 26.0 Å². The van der Waals surface area contributed by atoms with E-state index in [2.05, 4.69) is 5.32 Å². The lowest BCUT2D eigenvalue weighted by atomic mass is 10.0. The van der Waals surface area contributed by atoms with Gasteiger partial charge in [0.05, 0.1) is 22.6 Å². The van der Waals surface area contributed by atoms with Crippen LogP contribution in [0.5, 0.6) is 5.75 Å². The summed E-state index contributed by atoms with van der Waals surface area (Å²) in [5.74, 6) is -1.25. The molecule has 0 saturated heterocycles. The number of hydrogen-bond donors (Lipinski definition) is 1. The summed E-state index contributed by atoms with van der Waals surface area (Å²) in [6.07, 6.45) is 0.103. The summed E-state index contributed by atoms with van der Waals surface area (Å²) in [7, 11) is -3.14. The van der Waals surface area contributed by atoms with Gasteiger partial charge in [0.2, 0.25) is 11.8 Å². The zero-order valence-corrected chi connectivity index (χ0v) is 27.8. The number of carbonyl (C=O) groups is 2. The summed E-state index contributed by atoms with van der Waals surface area (Å²) in [5.41, 5.74) is 1.21. The minimum Gasteiger partial charge on any atom is -0.497 e. The van der Waals surface area contributed by atoms with E-state index in [-0.39, 0.29) is 30.3 Å². The number of hydrogen-bond acceptors (Lipinski definition) is 7. The van der Waals surface area contributed by atoms with E-state index in [1.165, 1.54) is 79.6 Å². The van der Waals surface area contributed by atoms with Gasteiger partial charge in [0.1, 0.15) is 24.2 Å². The van der Waals surface area contributed by atoms with E-state index in [9.17, 15) is 32.5 Å². The van der Waals surface area contributed by atoms with E-state index in [1.807, 2.05) is 18.2 Å². The van der Waals surface area contributed by atoms with E-state index >= 15 is 0 Å². The Morgan fingerprint density at radius 2 is 1.58 bits per heavy atom. The van der Waals surface area contributed by atoms with Crippen molar-refractivity contribution in [3.63, 3.8) is 0 Å². The Balaban J connectivity index is 1.84. The van der Waals surface area contributed by atoms with Crippen molar-refractivity contribution in [2.24, 2.45) is 0 Å². The molecule has 0 fully saturated rings. The van der Waals surface area contributed by atoms with Crippen LogP contribution in [0.3, 0.4) is 0 Å². The molecule has 4 aromatic rings. The van der Waals surface area contributed by atoms with Crippen LogP contribution in [0.1, 0.15) is 30.5 Å². The van der Waals surface area contributed by atoms with Crippen LogP contribution in [0.15, 0.2) is 102 Å². The number of sulfonamides is 1. The van der Waals surface area contributed by atoms with E-state index in [0.717, 1.165) is 15.9 Å². The smallest absolute Gasteiger partial charge is 0.273 e. The molecule has 4 rings (SSSR count). The van der Waals surface area contributed by atoms with Gasteiger partial charge in [-0.2, -0.15) is 0 Å². The molecule has 0 unspecified atom stereocenters. The van der Waals surface area contributed by atoms with Crippen LogP contribution in [0.25, 0.3) is 0 Å². The molecular formula is C35H37FN4O7S. The third kappa shape index (κ3) is 8.73. The number of ether oxygens (including phenoxy) is 1. The number of nitrogens with zero attached hydrogens (tertiary/aromatic N) is 3. The van der Waals surface area contributed by atoms with Gasteiger partial charge in [-0.3, -0.25) is 24.0 Å². The summed E-state index contributed by atoms with van der Waals surface area (Å²) < 4.78 is 48.4. The molecule has 4 aromatic carbocycles. The quantitative estimate of drug-likeness (QED) is 0.139. The van der Waals surface area contributed by atoms with Crippen LogP contribution >= 0.6 is 0 Å². The summed E-state index contributed by atoms with van der Waals surface area (Å²) in [4.78, 5) is 40.1. The summed E-state index contributed by atoms with van der Waals surface area (Å²) in [6.45, 7) is 4.14. The minimum absolute atomic E-state index is 0.0837. The Labute approximate surface area is 279 Å². The van der Waals surface area contributed by atoms with Gasteiger partial charge in [-0.15, -0.1) is 0 Å². The maximum Gasteiger partial charge on any atom is 0.273 e. The van der Waals surface area contributed by atoms with Gasteiger partial charge in [-0.25, -0.2) is 12.8 Å². The predicted octanol–water partition coefficient (Wildman–Crippen LogP) is 5.41. The van der Waals surface area contributed by atoms with Crippen molar-refractivity contribution in [2.45, 2.75) is 50.7 Å². The summed E-state index contributed by atoms with van der Waals surface area (Å²) in [6, 6.07) is 22.6. The second kappa shape index (κ2) is 15.5. The maximum absolute atomic E-state index is 14.5. The van der Waals surface area contributed by atoms with Gasteiger partial charge in [0.25, 0.3) is 15.7 Å². The number of benzene rings is 4. The molecule has 252 valence electrons. The number of nitro groups is 1. The number of nitrogens with one attached hydrogen (secondary N) is 1. The topological polar surface area (TPSA) is 139 Å². The number of nitro benzene ring substituents is 1. The molecule has 11 nitrogen and oxygen atoms in total. The summed E-state index contributed by atoms with van der Waals surface area (Å²) in [5, 5.41) is 14.6. The van der Waals surface area contributed by atoms with Crippen LogP contribution < -0.4 is 14.4 Å². The van der Waals surface area contributed by atoms with Crippen LogP contribution in [0.2, 0.25) is 0 Å². The lowest BCUT2D eigenvalue weighted by Gasteiger charge is -2.34. The SMILES string of the molecule is COc1ccc(N(CC(=O)N(Cc2ccc(F)cc2)[C@@H](Cc2ccccc2)C(=O)NC(C)C)S(=O)(=O)c2ccc(C)c([N+](=O)[O-])c2)cc1. The zero-order valence-electron chi connectivity index (χ0n) is 27.0. The molecule has 48 heavy (non-hydrogen) atoms. The van der Waals surface area contributed by atoms with Crippen LogP contribution in [-0.4, -0.2) is 55.8 Å². The van der Waals surface area contributed by atoms with Gasteiger partial charge < -0.3 is 15.0 Å². The lowest BCUT2D eigenvalue weighted by molar-refractivity contribution is -0.385. The Morgan fingerprint density at radius 1 is 0.938 bits per heavy atom. The normalized spacial score (nSPS) is 11.9. The fourth-order valence-electron chi connectivity index (χ4n) is 5.07. The van der Waals surface area contributed by atoms with E-state index in [0.29, 0.717) is 11.3 Å². The fourth-order valence-corrected chi connectivity index (χ4v) is 6.51.